The molecular formula is C10H11F3O2. The van der Waals surface area contributed by atoms with Crippen LogP contribution in [0.15, 0.2) is 24.3 Å². The molecule has 0 heterocycles. The molecule has 84 valence electrons. The summed E-state index contributed by atoms with van der Waals surface area (Å²) in [4.78, 5) is 0. The van der Waals surface area contributed by atoms with Crippen molar-refractivity contribution in [3.05, 3.63) is 29.8 Å². The molecule has 0 saturated heterocycles. The van der Waals surface area contributed by atoms with Crippen LogP contribution in [-0.4, -0.2) is 17.6 Å². The van der Waals surface area contributed by atoms with Crippen LogP contribution in [0.5, 0.6) is 5.75 Å². The number of benzene rings is 1. The Hall–Kier alpha value is -1.23. The van der Waals surface area contributed by atoms with Crippen LogP contribution in [0.4, 0.5) is 13.2 Å². The molecule has 1 atom stereocenters. The maximum Gasteiger partial charge on any atom is 0.573 e. The molecule has 0 amide bonds. The molecule has 0 bridgehead atoms. The highest BCUT2D eigenvalue weighted by molar-refractivity contribution is 5.29. The average Bonchev–Trinajstić information content (AvgIpc) is 1.99. The van der Waals surface area contributed by atoms with E-state index < -0.39 is 12.5 Å². The van der Waals surface area contributed by atoms with Crippen molar-refractivity contribution in [1.82, 2.24) is 0 Å². The quantitative estimate of drug-likeness (QED) is 0.848. The van der Waals surface area contributed by atoms with Crippen molar-refractivity contribution in [3.8, 4) is 5.75 Å². The zero-order valence-corrected chi connectivity index (χ0v) is 8.08. The second-order valence-electron chi connectivity index (χ2n) is 3.25. The van der Waals surface area contributed by atoms with Crippen LogP contribution < -0.4 is 4.74 Å². The van der Waals surface area contributed by atoms with Gasteiger partial charge in [0.1, 0.15) is 5.75 Å². The lowest BCUT2D eigenvalue weighted by molar-refractivity contribution is -0.274. The number of aliphatic hydroxyl groups excluding tert-OH is 1. The number of hydrogen-bond acceptors (Lipinski definition) is 2. The highest BCUT2D eigenvalue weighted by Crippen LogP contribution is 2.23. The monoisotopic (exact) mass is 220 g/mol. The van der Waals surface area contributed by atoms with Gasteiger partial charge in [-0.2, -0.15) is 0 Å². The molecule has 5 heteroatoms. The third-order valence-electron chi connectivity index (χ3n) is 1.66. The third-order valence-corrected chi connectivity index (χ3v) is 1.66. The van der Waals surface area contributed by atoms with E-state index >= 15 is 0 Å². The van der Waals surface area contributed by atoms with Crippen LogP contribution in [0.25, 0.3) is 0 Å². The summed E-state index contributed by atoms with van der Waals surface area (Å²) in [5, 5.41) is 9.07. The zero-order valence-electron chi connectivity index (χ0n) is 8.08. The van der Waals surface area contributed by atoms with Gasteiger partial charge in [-0.1, -0.05) is 12.1 Å². The SMILES string of the molecule is C[C@H](O)Cc1cccc(OC(F)(F)F)c1. The summed E-state index contributed by atoms with van der Waals surface area (Å²) in [6.45, 7) is 1.57. The maximum atomic E-state index is 11.9. The molecule has 0 radical (unpaired) electrons. The molecule has 0 aromatic heterocycles. The second-order valence-corrected chi connectivity index (χ2v) is 3.25. The summed E-state index contributed by atoms with van der Waals surface area (Å²) in [6.07, 6.45) is -4.97. The fourth-order valence-electron chi connectivity index (χ4n) is 1.21. The lowest BCUT2D eigenvalue weighted by Crippen LogP contribution is -2.17. The predicted octanol–water partition coefficient (Wildman–Crippen LogP) is 2.51. The summed E-state index contributed by atoms with van der Waals surface area (Å²) in [5.41, 5.74) is 0.603. The topological polar surface area (TPSA) is 29.5 Å². The van der Waals surface area contributed by atoms with E-state index in [1.54, 1.807) is 13.0 Å². The zero-order chi connectivity index (χ0) is 11.5. The van der Waals surface area contributed by atoms with Gasteiger partial charge in [-0.3, -0.25) is 0 Å². The van der Waals surface area contributed by atoms with Gasteiger partial charge in [0.05, 0.1) is 6.10 Å². The van der Waals surface area contributed by atoms with Crippen molar-refractivity contribution in [2.24, 2.45) is 0 Å². The fourth-order valence-corrected chi connectivity index (χ4v) is 1.21. The second kappa shape index (κ2) is 4.53. The minimum Gasteiger partial charge on any atom is -0.406 e. The van der Waals surface area contributed by atoms with Crippen molar-refractivity contribution >= 4 is 0 Å². The number of rotatable bonds is 3. The molecule has 1 N–H and O–H groups in total. The van der Waals surface area contributed by atoms with Gasteiger partial charge in [-0.05, 0) is 31.0 Å². The molecule has 0 fully saturated rings. The predicted molar refractivity (Wildman–Crippen MR) is 48.5 cm³/mol. The van der Waals surface area contributed by atoms with E-state index in [2.05, 4.69) is 4.74 Å². The Bertz CT molecular complexity index is 321. The van der Waals surface area contributed by atoms with E-state index in [1.165, 1.54) is 18.2 Å². The summed E-state index contributed by atoms with van der Waals surface area (Å²) in [7, 11) is 0. The van der Waals surface area contributed by atoms with Gasteiger partial charge in [-0.15, -0.1) is 13.2 Å². The van der Waals surface area contributed by atoms with Gasteiger partial charge in [0.25, 0.3) is 0 Å². The Balaban J connectivity index is 2.74. The van der Waals surface area contributed by atoms with E-state index in [0.29, 0.717) is 12.0 Å². The molecule has 15 heavy (non-hydrogen) atoms. The number of ether oxygens (including phenoxy) is 1. The molecule has 0 saturated carbocycles. The highest BCUT2D eigenvalue weighted by atomic mass is 19.4. The lowest BCUT2D eigenvalue weighted by atomic mass is 10.1. The van der Waals surface area contributed by atoms with Crippen molar-refractivity contribution in [2.75, 3.05) is 0 Å². The number of halogens is 3. The van der Waals surface area contributed by atoms with Crippen LogP contribution in [0.1, 0.15) is 12.5 Å². The van der Waals surface area contributed by atoms with Gasteiger partial charge in [0.2, 0.25) is 0 Å². The summed E-state index contributed by atoms with van der Waals surface area (Å²) >= 11 is 0. The summed E-state index contributed by atoms with van der Waals surface area (Å²) < 4.78 is 39.3. The van der Waals surface area contributed by atoms with Crippen molar-refractivity contribution in [2.45, 2.75) is 25.8 Å². The summed E-state index contributed by atoms with van der Waals surface area (Å²) in [6, 6.07) is 5.58. The Morgan fingerprint density at radius 1 is 1.40 bits per heavy atom. The van der Waals surface area contributed by atoms with Crippen LogP contribution in [0.2, 0.25) is 0 Å². The third kappa shape index (κ3) is 4.69. The number of aliphatic hydroxyl groups is 1. The average molecular weight is 220 g/mol. The maximum absolute atomic E-state index is 11.9. The van der Waals surface area contributed by atoms with Gasteiger partial charge < -0.3 is 9.84 Å². The van der Waals surface area contributed by atoms with Crippen molar-refractivity contribution < 1.29 is 23.0 Å². The molecule has 0 unspecified atom stereocenters. The minimum atomic E-state index is -4.68. The summed E-state index contributed by atoms with van der Waals surface area (Å²) in [5.74, 6) is -0.263. The van der Waals surface area contributed by atoms with Gasteiger partial charge >= 0.3 is 6.36 Å². The van der Waals surface area contributed by atoms with Crippen LogP contribution in [-0.2, 0) is 6.42 Å². The highest BCUT2D eigenvalue weighted by Gasteiger charge is 2.31. The first kappa shape index (κ1) is 11.8. The standard InChI is InChI=1S/C10H11F3O2/c1-7(14)5-8-3-2-4-9(6-8)15-10(11,12)13/h2-4,6-7,14H,5H2,1H3/t7-/m0/s1. The van der Waals surface area contributed by atoms with Crippen LogP contribution in [0.3, 0.4) is 0 Å². The van der Waals surface area contributed by atoms with Gasteiger partial charge in [0.15, 0.2) is 0 Å². The smallest absolute Gasteiger partial charge is 0.406 e. The molecule has 0 aliphatic rings. The Kier molecular flexibility index (Phi) is 3.57. The first-order chi connectivity index (χ1) is 6.87. The molecule has 0 spiro atoms. The first-order valence-electron chi connectivity index (χ1n) is 4.39. The van der Waals surface area contributed by atoms with Gasteiger partial charge in [-0.25, -0.2) is 0 Å². The fraction of sp³-hybridized carbons (Fsp3) is 0.400. The van der Waals surface area contributed by atoms with E-state index in [-0.39, 0.29) is 5.75 Å². The van der Waals surface area contributed by atoms with Gasteiger partial charge in [0, 0.05) is 0 Å². The molecule has 0 aliphatic carbocycles. The first-order valence-corrected chi connectivity index (χ1v) is 4.39. The van der Waals surface area contributed by atoms with Crippen LogP contribution >= 0.6 is 0 Å². The Morgan fingerprint density at radius 3 is 2.60 bits per heavy atom. The number of alkyl halides is 3. The normalized spacial score (nSPS) is 13.7. The Labute approximate surface area is 85.3 Å². The van der Waals surface area contributed by atoms with E-state index in [4.69, 9.17) is 5.11 Å². The lowest BCUT2D eigenvalue weighted by Gasteiger charge is -2.10. The molecular weight excluding hydrogens is 209 g/mol. The molecule has 2 nitrogen and oxygen atoms in total. The van der Waals surface area contributed by atoms with E-state index in [9.17, 15) is 13.2 Å². The van der Waals surface area contributed by atoms with Crippen molar-refractivity contribution in [3.63, 3.8) is 0 Å². The molecule has 1 aromatic rings. The van der Waals surface area contributed by atoms with E-state index in [0.717, 1.165) is 0 Å². The molecule has 0 aliphatic heterocycles. The van der Waals surface area contributed by atoms with E-state index in [1.807, 2.05) is 0 Å². The largest absolute Gasteiger partial charge is 0.573 e. The van der Waals surface area contributed by atoms with Crippen LogP contribution in [0, 0.1) is 0 Å². The van der Waals surface area contributed by atoms with Crippen molar-refractivity contribution in [1.29, 1.82) is 0 Å². The number of hydrogen-bond donors (Lipinski definition) is 1. The molecule has 1 rings (SSSR count). The molecule has 1 aromatic carbocycles. The minimum absolute atomic E-state index is 0.263. The Morgan fingerprint density at radius 2 is 2.07 bits per heavy atom.